The number of hydrazone groups is 2. The summed E-state index contributed by atoms with van der Waals surface area (Å²) < 4.78 is 5.66. The lowest BCUT2D eigenvalue weighted by atomic mass is 10.0. The Hall–Kier alpha value is -2.41. The van der Waals surface area contributed by atoms with Crippen LogP contribution in [-0.2, 0) is 4.79 Å². The summed E-state index contributed by atoms with van der Waals surface area (Å²) in [6, 6.07) is 2.68. The van der Waals surface area contributed by atoms with Crippen LogP contribution in [0.2, 0.25) is 10.0 Å². The van der Waals surface area contributed by atoms with E-state index in [1.54, 1.807) is 6.08 Å². The van der Waals surface area contributed by atoms with Gasteiger partial charge in [0.15, 0.2) is 23.9 Å². The van der Waals surface area contributed by atoms with E-state index in [9.17, 15) is 20.1 Å². The van der Waals surface area contributed by atoms with Gasteiger partial charge in [0.05, 0.1) is 15.7 Å². The molecular formula is C17H19Cl2N5O6. The quantitative estimate of drug-likeness (QED) is 0.379. The molecule has 3 atom stereocenters. The molecule has 0 fully saturated rings. The van der Waals surface area contributed by atoms with Crippen molar-refractivity contribution in [3.05, 3.63) is 33.8 Å². The summed E-state index contributed by atoms with van der Waals surface area (Å²) >= 11 is 12.6. The second-order valence-corrected chi connectivity index (χ2v) is 7.51. The molecule has 0 aromatic heterocycles. The lowest BCUT2D eigenvalue weighted by molar-refractivity contribution is -0.130. The van der Waals surface area contributed by atoms with Crippen LogP contribution in [0, 0.1) is 5.92 Å². The molecule has 3 unspecified atom stereocenters. The summed E-state index contributed by atoms with van der Waals surface area (Å²) in [5.41, 5.74) is 2.70. The van der Waals surface area contributed by atoms with E-state index in [1.165, 1.54) is 12.1 Å². The topological polar surface area (TPSA) is 159 Å². The van der Waals surface area contributed by atoms with Crippen molar-refractivity contribution in [3.63, 3.8) is 0 Å². The number of carboxylic acids is 1. The van der Waals surface area contributed by atoms with Gasteiger partial charge in [-0.3, -0.25) is 5.43 Å². The van der Waals surface area contributed by atoms with E-state index >= 15 is 0 Å². The highest BCUT2D eigenvalue weighted by Gasteiger charge is 2.33. The van der Waals surface area contributed by atoms with E-state index < -0.39 is 30.5 Å². The van der Waals surface area contributed by atoms with Crippen LogP contribution in [0.4, 0.5) is 5.69 Å². The molecular weight excluding hydrogens is 441 g/mol. The number of nitrogens with one attached hydrogen (secondary N) is 2. The Labute approximate surface area is 180 Å². The molecule has 0 amide bonds. The lowest BCUT2D eigenvalue weighted by Crippen LogP contribution is -2.57. The van der Waals surface area contributed by atoms with Gasteiger partial charge in [0.2, 0.25) is 12.2 Å². The molecule has 2 aliphatic heterocycles. The predicted molar refractivity (Wildman–Crippen MR) is 109 cm³/mol. The van der Waals surface area contributed by atoms with E-state index in [4.69, 9.17) is 33.0 Å². The number of carbonyl (C=O) groups is 1. The fourth-order valence-corrected chi connectivity index (χ4v) is 3.30. The number of aliphatic hydroxyl groups is 3. The molecule has 30 heavy (non-hydrogen) atoms. The van der Waals surface area contributed by atoms with Crippen molar-refractivity contribution in [2.45, 2.75) is 32.7 Å². The van der Waals surface area contributed by atoms with Crippen molar-refractivity contribution < 1.29 is 30.0 Å². The molecule has 0 bridgehead atoms. The number of hydrogen-bond acceptors (Lipinski definition) is 10. The molecule has 6 N–H and O–H groups in total. The van der Waals surface area contributed by atoms with E-state index in [0.29, 0.717) is 5.57 Å². The Morgan fingerprint density at radius 2 is 1.83 bits per heavy atom. The maximum absolute atomic E-state index is 11.2. The van der Waals surface area contributed by atoms with Crippen LogP contribution in [-0.4, -0.2) is 56.8 Å². The largest absolute Gasteiger partial charge is 0.477 e. The Morgan fingerprint density at radius 3 is 2.40 bits per heavy atom. The number of hydrogen-bond donors (Lipinski definition) is 6. The molecule has 0 radical (unpaired) electrons. The zero-order chi connectivity index (χ0) is 22.2. The summed E-state index contributed by atoms with van der Waals surface area (Å²) in [4.78, 5) is 11.2. The monoisotopic (exact) mass is 459 g/mol. The SMILES string of the molecule is CC(C)C1=CC(Oc2c(Cl)cc(N3N=C(C(=O)O)C(O)NC3O)cc2Cl)=NNC1O. The standard InChI is InChI=1S/C17H19Cl2N5O6/c1-6(2)8-5-11(21-22-14(8)25)30-13-9(18)3-7(4-10(13)19)24-17(29)20-15(26)12(23-24)16(27)28/h3-6,14-15,17,20,22,25-26,29H,1-2H3,(H,27,28). The van der Waals surface area contributed by atoms with E-state index in [-0.39, 0.29) is 33.3 Å². The first kappa shape index (κ1) is 22.3. The average molecular weight is 460 g/mol. The number of anilines is 1. The molecule has 0 saturated carbocycles. The third kappa shape index (κ3) is 4.51. The van der Waals surface area contributed by atoms with Gasteiger partial charge in [0.25, 0.3) is 0 Å². The zero-order valence-corrected chi connectivity index (χ0v) is 17.3. The highest BCUT2D eigenvalue weighted by molar-refractivity contribution is 6.38. The second kappa shape index (κ2) is 8.76. The van der Waals surface area contributed by atoms with Crippen LogP contribution < -0.4 is 20.5 Å². The Morgan fingerprint density at radius 1 is 1.20 bits per heavy atom. The van der Waals surface area contributed by atoms with Gasteiger partial charge in [-0.05, 0) is 23.6 Å². The molecule has 0 aliphatic carbocycles. The number of halogens is 2. The molecule has 13 heteroatoms. The van der Waals surface area contributed by atoms with Gasteiger partial charge in [-0.1, -0.05) is 37.0 Å². The molecule has 0 saturated heterocycles. The van der Waals surface area contributed by atoms with Crippen molar-refractivity contribution in [2.24, 2.45) is 16.1 Å². The van der Waals surface area contributed by atoms with Crippen LogP contribution in [0.5, 0.6) is 5.75 Å². The van der Waals surface area contributed by atoms with Gasteiger partial charge < -0.3 is 25.2 Å². The van der Waals surface area contributed by atoms with Crippen molar-refractivity contribution in [2.75, 3.05) is 5.01 Å². The summed E-state index contributed by atoms with van der Waals surface area (Å²) in [5, 5.41) is 49.6. The van der Waals surface area contributed by atoms with Gasteiger partial charge in [0.1, 0.15) is 0 Å². The first-order chi connectivity index (χ1) is 14.1. The number of nitrogens with zero attached hydrogens (tertiary/aromatic N) is 3. The molecule has 3 rings (SSSR count). The predicted octanol–water partition coefficient (Wildman–Crippen LogP) is 0.634. The fourth-order valence-electron chi connectivity index (χ4n) is 2.74. The summed E-state index contributed by atoms with van der Waals surface area (Å²) in [6.45, 7) is 3.80. The Balaban J connectivity index is 1.90. The van der Waals surface area contributed by atoms with E-state index in [1.807, 2.05) is 13.8 Å². The average Bonchev–Trinajstić information content (AvgIpc) is 2.65. The van der Waals surface area contributed by atoms with Gasteiger partial charge in [0, 0.05) is 6.08 Å². The van der Waals surface area contributed by atoms with E-state index in [2.05, 4.69) is 20.9 Å². The summed E-state index contributed by atoms with van der Waals surface area (Å²) in [5.74, 6) is -1.27. The molecule has 162 valence electrons. The maximum atomic E-state index is 11.2. The van der Waals surface area contributed by atoms with Crippen LogP contribution in [0.3, 0.4) is 0 Å². The molecule has 2 aliphatic rings. The van der Waals surface area contributed by atoms with Crippen molar-refractivity contribution in [3.8, 4) is 5.75 Å². The minimum atomic E-state index is -1.66. The third-order valence-electron chi connectivity index (χ3n) is 4.26. The summed E-state index contributed by atoms with van der Waals surface area (Å²) in [6.07, 6.45) is -2.56. The van der Waals surface area contributed by atoms with Crippen LogP contribution in [0.1, 0.15) is 13.8 Å². The van der Waals surface area contributed by atoms with Crippen LogP contribution in [0.15, 0.2) is 34.0 Å². The minimum Gasteiger partial charge on any atom is -0.477 e. The maximum Gasteiger partial charge on any atom is 0.356 e. The number of carboxylic acid groups (broad SMARTS) is 1. The minimum absolute atomic E-state index is 0.0243. The normalized spacial score (nSPS) is 24.1. The molecule has 1 aromatic rings. The first-order valence-electron chi connectivity index (χ1n) is 8.71. The molecule has 1 aromatic carbocycles. The number of ether oxygens (including phenoxy) is 1. The summed E-state index contributed by atoms with van der Waals surface area (Å²) in [7, 11) is 0. The van der Waals surface area contributed by atoms with E-state index in [0.717, 1.165) is 5.01 Å². The van der Waals surface area contributed by atoms with Crippen molar-refractivity contribution in [1.29, 1.82) is 0 Å². The van der Waals surface area contributed by atoms with Crippen LogP contribution >= 0.6 is 23.2 Å². The van der Waals surface area contributed by atoms with Gasteiger partial charge >= 0.3 is 5.97 Å². The third-order valence-corrected chi connectivity index (χ3v) is 4.82. The highest BCUT2D eigenvalue weighted by Crippen LogP contribution is 2.38. The second-order valence-electron chi connectivity index (χ2n) is 6.70. The van der Waals surface area contributed by atoms with Gasteiger partial charge in [-0.2, -0.15) is 5.10 Å². The molecule has 0 spiro atoms. The zero-order valence-electron chi connectivity index (χ0n) is 15.7. The molecule has 2 heterocycles. The van der Waals surface area contributed by atoms with Crippen molar-refractivity contribution >= 4 is 46.5 Å². The van der Waals surface area contributed by atoms with Crippen LogP contribution in [0.25, 0.3) is 0 Å². The Kier molecular flexibility index (Phi) is 6.50. The van der Waals surface area contributed by atoms with Crippen molar-refractivity contribution in [1.82, 2.24) is 10.7 Å². The Bertz CT molecular complexity index is 928. The number of benzene rings is 1. The molecule has 11 nitrogen and oxygen atoms in total. The smallest absolute Gasteiger partial charge is 0.356 e. The number of aliphatic carboxylic acids is 1. The van der Waals surface area contributed by atoms with Gasteiger partial charge in [-0.25, -0.2) is 15.1 Å². The first-order valence-corrected chi connectivity index (χ1v) is 9.47. The fraction of sp³-hybridized carbons (Fsp3) is 0.353. The number of rotatable bonds is 4. The lowest BCUT2D eigenvalue weighted by Gasteiger charge is -2.32. The number of aliphatic hydroxyl groups excluding tert-OH is 3. The highest BCUT2D eigenvalue weighted by atomic mass is 35.5. The van der Waals surface area contributed by atoms with Gasteiger partial charge in [-0.15, -0.1) is 5.10 Å².